The Morgan fingerprint density at radius 3 is 2.71 bits per heavy atom. The summed E-state index contributed by atoms with van der Waals surface area (Å²) in [5.41, 5.74) is 9.15. The molecule has 1 unspecified atom stereocenters. The highest BCUT2D eigenvalue weighted by Gasteiger charge is 2.06. The number of fused-ring (bicyclic) bond motifs is 1. The van der Waals surface area contributed by atoms with E-state index in [1.807, 2.05) is 32.0 Å². The molecule has 1 aromatic heterocycles. The molecule has 0 bridgehead atoms. The number of para-hydroxylation sites is 1. The zero-order chi connectivity index (χ0) is 10.1. The van der Waals surface area contributed by atoms with Crippen molar-refractivity contribution < 1.29 is 0 Å². The fourth-order valence-corrected chi connectivity index (χ4v) is 1.72. The van der Waals surface area contributed by atoms with Gasteiger partial charge in [-0.1, -0.05) is 18.2 Å². The van der Waals surface area contributed by atoms with E-state index in [1.165, 1.54) is 5.56 Å². The monoisotopic (exact) mass is 186 g/mol. The molecule has 0 amide bonds. The molecule has 0 aliphatic rings. The second-order valence-corrected chi connectivity index (χ2v) is 3.66. The molecule has 2 heteroatoms. The Balaban J connectivity index is 2.80. The maximum Gasteiger partial charge on any atom is 0.0708 e. The molecule has 14 heavy (non-hydrogen) atoms. The van der Waals surface area contributed by atoms with Crippen LogP contribution in [0, 0.1) is 6.92 Å². The minimum Gasteiger partial charge on any atom is -0.324 e. The van der Waals surface area contributed by atoms with E-state index < -0.39 is 0 Å². The van der Waals surface area contributed by atoms with Gasteiger partial charge in [0.25, 0.3) is 0 Å². The van der Waals surface area contributed by atoms with Crippen molar-refractivity contribution in [3.8, 4) is 0 Å². The van der Waals surface area contributed by atoms with E-state index in [-0.39, 0.29) is 6.04 Å². The van der Waals surface area contributed by atoms with Crippen LogP contribution >= 0.6 is 0 Å². The Morgan fingerprint density at radius 2 is 2.00 bits per heavy atom. The zero-order valence-corrected chi connectivity index (χ0v) is 8.49. The lowest BCUT2D eigenvalue weighted by molar-refractivity contribution is 0.823. The van der Waals surface area contributed by atoms with E-state index in [0.29, 0.717) is 0 Å². The molecule has 0 spiro atoms. The summed E-state index contributed by atoms with van der Waals surface area (Å²) in [6, 6.07) is 10.2. The van der Waals surface area contributed by atoms with Crippen LogP contribution in [0.15, 0.2) is 30.3 Å². The van der Waals surface area contributed by atoms with Crippen molar-refractivity contribution in [3.63, 3.8) is 0 Å². The molecule has 2 aromatic rings. The van der Waals surface area contributed by atoms with Crippen molar-refractivity contribution in [1.82, 2.24) is 4.98 Å². The fourth-order valence-electron chi connectivity index (χ4n) is 1.72. The summed E-state index contributed by atoms with van der Waals surface area (Å²) in [5, 5.41) is 1.16. The largest absolute Gasteiger partial charge is 0.324 e. The number of nitrogens with two attached hydrogens (primary N) is 1. The molecule has 0 saturated carbocycles. The maximum absolute atomic E-state index is 5.92. The number of pyridine rings is 1. The second-order valence-electron chi connectivity index (χ2n) is 3.66. The molecule has 0 aliphatic carbocycles. The van der Waals surface area contributed by atoms with Crippen LogP contribution in [0.5, 0.6) is 0 Å². The Hall–Kier alpha value is -1.41. The van der Waals surface area contributed by atoms with Gasteiger partial charge in [-0.25, -0.2) is 0 Å². The van der Waals surface area contributed by atoms with Crippen molar-refractivity contribution in [1.29, 1.82) is 0 Å². The molecular weight excluding hydrogens is 172 g/mol. The van der Waals surface area contributed by atoms with E-state index in [4.69, 9.17) is 5.73 Å². The van der Waals surface area contributed by atoms with E-state index in [1.54, 1.807) is 0 Å². The lowest BCUT2D eigenvalue weighted by Gasteiger charge is -2.10. The number of aryl methyl sites for hydroxylation is 1. The Kier molecular flexibility index (Phi) is 2.22. The van der Waals surface area contributed by atoms with Crippen molar-refractivity contribution in [2.45, 2.75) is 19.9 Å². The van der Waals surface area contributed by atoms with E-state index in [0.717, 1.165) is 16.6 Å². The molecule has 0 saturated heterocycles. The fraction of sp³-hybridized carbons (Fsp3) is 0.250. The predicted molar refractivity (Wildman–Crippen MR) is 59.1 cm³/mol. The van der Waals surface area contributed by atoms with Gasteiger partial charge in [-0.2, -0.15) is 0 Å². The van der Waals surface area contributed by atoms with Gasteiger partial charge in [0.1, 0.15) is 0 Å². The highest BCUT2D eigenvalue weighted by Crippen LogP contribution is 2.22. The normalized spacial score (nSPS) is 13.1. The van der Waals surface area contributed by atoms with Gasteiger partial charge in [0.15, 0.2) is 0 Å². The summed E-state index contributed by atoms with van der Waals surface area (Å²) in [6.45, 7) is 4.00. The number of hydrogen-bond donors (Lipinski definition) is 1. The Bertz CT molecular complexity index is 461. The first-order valence-electron chi connectivity index (χ1n) is 4.80. The van der Waals surface area contributed by atoms with Crippen molar-refractivity contribution in [2.75, 3.05) is 0 Å². The summed E-state index contributed by atoms with van der Waals surface area (Å²) in [6.07, 6.45) is 0. The number of rotatable bonds is 1. The molecule has 2 rings (SSSR count). The quantitative estimate of drug-likeness (QED) is 0.743. The van der Waals surface area contributed by atoms with Gasteiger partial charge >= 0.3 is 0 Å². The summed E-state index contributed by atoms with van der Waals surface area (Å²) in [7, 11) is 0. The highest BCUT2D eigenvalue weighted by atomic mass is 14.7. The average molecular weight is 186 g/mol. The third-order valence-electron chi connectivity index (χ3n) is 2.37. The molecule has 72 valence electrons. The second kappa shape index (κ2) is 3.39. The first-order chi connectivity index (χ1) is 6.68. The Morgan fingerprint density at radius 1 is 1.29 bits per heavy atom. The van der Waals surface area contributed by atoms with Crippen LogP contribution in [0.4, 0.5) is 0 Å². The van der Waals surface area contributed by atoms with Gasteiger partial charge in [0.05, 0.1) is 5.52 Å². The number of aromatic nitrogens is 1. The third kappa shape index (κ3) is 1.49. The molecule has 0 fully saturated rings. The van der Waals surface area contributed by atoms with Gasteiger partial charge in [0, 0.05) is 17.1 Å². The van der Waals surface area contributed by atoms with Gasteiger partial charge < -0.3 is 5.73 Å². The predicted octanol–water partition coefficient (Wildman–Crippen LogP) is 2.56. The first-order valence-corrected chi connectivity index (χ1v) is 4.80. The van der Waals surface area contributed by atoms with Crippen LogP contribution in [-0.4, -0.2) is 4.98 Å². The van der Waals surface area contributed by atoms with Crippen LogP contribution in [0.2, 0.25) is 0 Å². The van der Waals surface area contributed by atoms with E-state index in [2.05, 4.69) is 17.1 Å². The van der Waals surface area contributed by atoms with Gasteiger partial charge in [-0.05, 0) is 31.5 Å². The molecule has 1 aromatic carbocycles. The van der Waals surface area contributed by atoms with Crippen molar-refractivity contribution >= 4 is 10.9 Å². The van der Waals surface area contributed by atoms with Crippen LogP contribution < -0.4 is 5.73 Å². The molecule has 0 aliphatic heterocycles. The molecule has 2 N–H and O–H groups in total. The molecule has 1 heterocycles. The molecule has 2 nitrogen and oxygen atoms in total. The van der Waals surface area contributed by atoms with Crippen LogP contribution in [0.25, 0.3) is 10.9 Å². The standard InChI is InChI=1S/C12H14N2/c1-8-7-11(9(2)13)10-5-3-4-6-12(10)14-8/h3-7,9H,13H2,1-2H3. The minimum absolute atomic E-state index is 0.0570. The van der Waals surface area contributed by atoms with Crippen LogP contribution in [0.1, 0.15) is 24.2 Å². The molecular formula is C12H14N2. The average Bonchev–Trinajstić information content (AvgIpc) is 2.16. The summed E-state index contributed by atoms with van der Waals surface area (Å²) in [4.78, 5) is 4.46. The van der Waals surface area contributed by atoms with Crippen LogP contribution in [0.3, 0.4) is 0 Å². The van der Waals surface area contributed by atoms with Gasteiger partial charge in [0.2, 0.25) is 0 Å². The zero-order valence-electron chi connectivity index (χ0n) is 8.49. The van der Waals surface area contributed by atoms with Crippen molar-refractivity contribution in [3.05, 3.63) is 41.6 Å². The summed E-state index contributed by atoms with van der Waals surface area (Å²) in [5.74, 6) is 0. The summed E-state index contributed by atoms with van der Waals surface area (Å²) < 4.78 is 0. The minimum atomic E-state index is 0.0570. The first kappa shape index (κ1) is 9.16. The maximum atomic E-state index is 5.92. The SMILES string of the molecule is Cc1cc(C(C)N)c2ccccc2n1. The summed E-state index contributed by atoms with van der Waals surface area (Å²) >= 11 is 0. The van der Waals surface area contributed by atoms with Crippen LogP contribution in [-0.2, 0) is 0 Å². The third-order valence-corrected chi connectivity index (χ3v) is 2.37. The van der Waals surface area contributed by atoms with Gasteiger partial charge in [-0.15, -0.1) is 0 Å². The van der Waals surface area contributed by atoms with Gasteiger partial charge in [-0.3, -0.25) is 4.98 Å². The van der Waals surface area contributed by atoms with E-state index >= 15 is 0 Å². The lowest BCUT2D eigenvalue weighted by atomic mass is 10.0. The smallest absolute Gasteiger partial charge is 0.0708 e. The highest BCUT2D eigenvalue weighted by molar-refractivity contribution is 5.82. The van der Waals surface area contributed by atoms with E-state index in [9.17, 15) is 0 Å². The lowest BCUT2D eigenvalue weighted by Crippen LogP contribution is -2.06. The topological polar surface area (TPSA) is 38.9 Å². The number of nitrogens with zero attached hydrogens (tertiary/aromatic N) is 1. The van der Waals surface area contributed by atoms with Crippen molar-refractivity contribution in [2.24, 2.45) is 5.73 Å². The molecule has 1 atom stereocenters. The number of benzene rings is 1. The number of hydrogen-bond acceptors (Lipinski definition) is 2. The Labute approximate surface area is 83.8 Å². The molecule has 0 radical (unpaired) electrons.